The lowest BCUT2D eigenvalue weighted by Crippen LogP contribution is -1.98. The number of rotatable bonds is 2. The van der Waals surface area contributed by atoms with Gasteiger partial charge in [0.1, 0.15) is 5.75 Å². The van der Waals surface area contributed by atoms with Crippen LogP contribution in [0.5, 0.6) is 5.75 Å². The van der Waals surface area contributed by atoms with Gasteiger partial charge in [-0.1, -0.05) is 0 Å². The van der Waals surface area contributed by atoms with Gasteiger partial charge in [-0.3, -0.25) is 0 Å². The summed E-state index contributed by atoms with van der Waals surface area (Å²) in [4.78, 5) is 0.107. The monoisotopic (exact) mass is 234 g/mol. The molecule has 0 aliphatic heterocycles. The molecule has 0 N–H and O–H groups in total. The molecule has 1 rings (SSSR count). The van der Waals surface area contributed by atoms with E-state index in [2.05, 4.69) is 0 Å². The van der Waals surface area contributed by atoms with Gasteiger partial charge in [0.25, 0.3) is 9.05 Å². The normalized spacial score (nSPS) is 11.4. The molecule has 5 heteroatoms. The standard InChI is InChI=1S/C9H11ClO3S/c1-6-4-8(13-3)7(2)9(5-6)14(10,11)12/h4-5H,1-3H3. The summed E-state index contributed by atoms with van der Waals surface area (Å²) in [6.45, 7) is 3.45. The molecular weight excluding hydrogens is 224 g/mol. The van der Waals surface area contributed by atoms with Crippen LogP contribution in [0.15, 0.2) is 17.0 Å². The van der Waals surface area contributed by atoms with E-state index in [1.54, 1.807) is 19.9 Å². The highest BCUT2D eigenvalue weighted by Crippen LogP contribution is 2.28. The zero-order chi connectivity index (χ0) is 10.9. The minimum Gasteiger partial charge on any atom is -0.496 e. The van der Waals surface area contributed by atoms with E-state index in [0.29, 0.717) is 11.3 Å². The molecule has 3 nitrogen and oxygen atoms in total. The van der Waals surface area contributed by atoms with Crippen molar-refractivity contribution in [1.29, 1.82) is 0 Å². The maximum atomic E-state index is 11.2. The average molecular weight is 235 g/mol. The van der Waals surface area contributed by atoms with E-state index in [4.69, 9.17) is 15.4 Å². The van der Waals surface area contributed by atoms with Crippen molar-refractivity contribution < 1.29 is 13.2 Å². The lowest BCUT2D eigenvalue weighted by molar-refractivity contribution is 0.409. The molecule has 0 heterocycles. The summed E-state index contributed by atoms with van der Waals surface area (Å²) < 4.78 is 27.4. The second-order valence-corrected chi connectivity index (χ2v) is 5.56. The molecule has 0 spiro atoms. The molecule has 0 amide bonds. The lowest BCUT2D eigenvalue weighted by atomic mass is 10.1. The fourth-order valence-corrected chi connectivity index (χ4v) is 2.53. The van der Waals surface area contributed by atoms with Crippen molar-refractivity contribution in [2.75, 3.05) is 7.11 Å². The first-order valence-corrected chi connectivity index (χ1v) is 6.27. The second-order valence-electron chi connectivity index (χ2n) is 3.03. The van der Waals surface area contributed by atoms with Crippen LogP contribution in [0.4, 0.5) is 0 Å². The molecule has 0 radical (unpaired) electrons. The average Bonchev–Trinajstić information content (AvgIpc) is 2.06. The third kappa shape index (κ3) is 2.19. The molecular formula is C9H11ClO3S. The quantitative estimate of drug-likeness (QED) is 0.738. The zero-order valence-electron chi connectivity index (χ0n) is 8.17. The van der Waals surface area contributed by atoms with Gasteiger partial charge < -0.3 is 4.74 Å². The van der Waals surface area contributed by atoms with Crippen LogP contribution >= 0.6 is 10.7 Å². The third-order valence-corrected chi connectivity index (χ3v) is 3.39. The van der Waals surface area contributed by atoms with Crippen LogP contribution in [-0.2, 0) is 9.05 Å². The summed E-state index contributed by atoms with van der Waals surface area (Å²) in [5, 5.41) is 0. The van der Waals surface area contributed by atoms with Gasteiger partial charge in [0, 0.05) is 16.2 Å². The largest absolute Gasteiger partial charge is 0.496 e. The van der Waals surface area contributed by atoms with E-state index >= 15 is 0 Å². The highest BCUT2D eigenvalue weighted by atomic mass is 35.7. The molecule has 14 heavy (non-hydrogen) atoms. The first kappa shape index (κ1) is 11.3. The summed E-state index contributed by atoms with van der Waals surface area (Å²) >= 11 is 0. The molecule has 0 saturated carbocycles. The van der Waals surface area contributed by atoms with Gasteiger partial charge in [-0.25, -0.2) is 8.42 Å². The Hall–Kier alpha value is -0.740. The molecule has 0 fully saturated rings. The topological polar surface area (TPSA) is 43.4 Å². The van der Waals surface area contributed by atoms with Crippen LogP contribution < -0.4 is 4.74 Å². The Morgan fingerprint density at radius 1 is 1.29 bits per heavy atom. The van der Waals surface area contributed by atoms with Gasteiger partial charge in [0.05, 0.1) is 12.0 Å². The first-order chi connectivity index (χ1) is 6.36. The maximum Gasteiger partial charge on any atom is 0.261 e. The Labute approximate surface area is 88.1 Å². The Morgan fingerprint density at radius 3 is 2.29 bits per heavy atom. The first-order valence-electron chi connectivity index (χ1n) is 3.96. The van der Waals surface area contributed by atoms with Crippen LogP contribution in [0.3, 0.4) is 0 Å². The van der Waals surface area contributed by atoms with Crippen molar-refractivity contribution in [2.45, 2.75) is 18.7 Å². The highest BCUT2D eigenvalue weighted by molar-refractivity contribution is 8.13. The van der Waals surface area contributed by atoms with Crippen LogP contribution in [0, 0.1) is 13.8 Å². The van der Waals surface area contributed by atoms with Crippen LogP contribution in [0.1, 0.15) is 11.1 Å². The number of aryl methyl sites for hydroxylation is 1. The smallest absolute Gasteiger partial charge is 0.261 e. The van der Waals surface area contributed by atoms with Gasteiger partial charge in [-0.15, -0.1) is 0 Å². The van der Waals surface area contributed by atoms with Gasteiger partial charge in [0.15, 0.2) is 0 Å². The van der Waals surface area contributed by atoms with Crippen molar-refractivity contribution >= 4 is 19.7 Å². The molecule has 78 valence electrons. The molecule has 0 aromatic heterocycles. The highest BCUT2D eigenvalue weighted by Gasteiger charge is 2.16. The Kier molecular flexibility index (Phi) is 3.07. The number of hydrogen-bond donors (Lipinski definition) is 0. The van der Waals surface area contributed by atoms with Gasteiger partial charge in [-0.2, -0.15) is 0 Å². The van der Waals surface area contributed by atoms with Crippen molar-refractivity contribution in [2.24, 2.45) is 0 Å². The van der Waals surface area contributed by atoms with Crippen LogP contribution in [-0.4, -0.2) is 15.5 Å². The SMILES string of the molecule is COc1cc(C)cc(S(=O)(=O)Cl)c1C. The van der Waals surface area contributed by atoms with Crippen molar-refractivity contribution in [3.05, 3.63) is 23.3 Å². The van der Waals surface area contributed by atoms with Gasteiger partial charge in [-0.05, 0) is 31.5 Å². The second kappa shape index (κ2) is 3.79. The number of ether oxygens (including phenoxy) is 1. The van der Waals surface area contributed by atoms with E-state index in [0.717, 1.165) is 5.56 Å². The maximum absolute atomic E-state index is 11.2. The van der Waals surface area contributed by atoms with Crippen molar-refractivity contribution in [3.8, 4) is 5.75 Å². The molecule has 0 unspecified atom stereocenters. The lowest BCUT2D eigenvalue weighted by Gasteiger charge is -2.09. The van der Waals surface area contributed by atoms with Crippen LogP contribution in [0.2, 0.25) is 0 Å². The fraction of sp³-hybridized carbons (Fsp3) is 0.333. The molecule has 1 aromatic carbocycles. The number of methoxy groups -OCH3 is 1. The minimum atomic E-state index is -3.70. The predicted octanol–water partition coefficient (Wildman–Crippen LogP) is 2.24. The zero-order valence-corrected chi connectivity index (χ0v) is 9.74. The van der Waals surface area contributed by atoms with E-state index < -0.39 is 9.05 Å². The third-order valence-electron chi connectivity index (χ3n) is 1.94. The molecule has 0 atom stereocenters. The van der Waals surface area contributed by atoms with Gasteiger partial charge >= 0.3 is 0 Å². The molecule has 0 bridgehead atoms. The summed E-state index contributed by atoms with van der Waals surface area (Å²) in [6.07, 6.45) is 0. The van der Waals surface area contributed by atoms with Crippen molar-refractivity contribution in [1.82, 2.24) is 0 Å². The molecule has 0 saturated heterocycles. The molecule has 0 aliphatic carbocycles. The Balaban J connectivity index is 3.53. The summed E-state index contributed by atoms with van der Waals surface area (Å²) in [6, 6.07) is 3.29. The van der Waals surface area contributed by atoms with E-state index in [9.17, 15) is 8.42 Å². The van der Waals surface area contributed by atoms with E-state index in [1.807, 2.05) is 0 Å². The summed E-state index contributed by atoms with van der Waals surface area (Å²) in [5.74, 6) is 0.532. The number of benzene rings is 1. The Bertz CT molecular complexity index is 451. The predicted molar refractivity (Wildman–Crippen MR) is 55.5 cm³/mol. The fourth-order valence-electron chi connectivity index (χ4n) is 1.26. The van der Waals surface area contributed by atoms with E-state index in [-0.39, 0.29) is 4.90 Å². The number of halogens is 1. The van der Waals surface area contributed by atoms with E-state index in [1.165, 1.54) is 13.2 Å². The number of hydrogen-bond acceptors (Lipinski definition) is 3. The molecule has 1 aromatic rings. The van der Waals surface area contributed by atoms with Gasteiger partial charge in [0.2, 0.25) is 0 Å². The minimum absolute atomic E-state index is 0.107. The van der Waals surface area contributed by atoms with Crippen LogP contribution in [0.25, 0.3) is 0 Å². The summed E-state index contributed by atoms with van der Waals surface area (Å²) in [5.41, 5.74) is 1.33. The summed E-state index contributed by atoms with van der Waals surface area (Å²) in [7, 11) is 3.08. The van der Waals surface area contributed by atoms with Crippen molar-refractivity contribution in [3.63, 3.8) is 0 Å². The molecule has 0 aliphatic rings. The Morgan fingerprint density at radius 2 is 1.86 bits per heavy atom.